The zero-order valence-corrected chi connectivity index (χ0v) is 15.0. The summed E-state index contributed by atoms with van der Waals surface area (Å²) in [6.07, 6.45) is 3.41. The number of benzene rings is 1. The van der Waals surface area contributed by atoms with Crippen molar-refractivity contribution >= 4 is 11.6 Å². The minimum absolute atomic E-state index is 0.136. The van der Waals surface area contributed by atoms with Crippen LogP contribution in [0.15, 0.2) is 30.0 Å². The Morgan fingerprint density at radius 1 is 1.38 bits per heavy atom. The average molecular weight is 326 g/mol. The molecule has 1 fully saturated rings. The van der Waals surface area contributed by atoms with Crippen LogP contribution in [0.2, 0.25) is 0 Å². The molecule has 1 amide bonds. The fourth-order valence-corrected chi connectivity index (χ4v) is 3.01. The van der Waals surface area contributed by atoms with E-state index in [9.17, 15) is 10.1 Å². The van der Waals surface area contributed by atoms with Crippen molar-refractivity contribution in [1.29, 1.82) is 5.26 Å². The van der Waals surface area contributed by atoms with E-state index in [1.165, 1.54) is 11.8 Å². The van der Waals surface area contributed by atoms with E-state index < -0.39 is 0 Å². The van der Waals surface area contributed by atoms with Gasteiger partial charge in [0.2, 0.25) is 0 Å². The number of nitrogens with zero attached hydrogens (tertiary/aromatic N) is 3. The molecule has 0 spiro atoms. The number of anilines is 1. The zero-order valence-electron chi connectivity index (χ0n) is 15.0. The second-order valence-electron chi connectivity index (χ2n) is 6.58. The van der Waals surface area contributed by atoms with Crippen molar-refractivity contribution < 1.29 is 4.79 Å². The highest BCUT2D eigenvalue weighted by atomic mass is 16.2. The van der Waals surface area contributed by atoms with Crippen molar-refractivity contribution in [2.45, 2.75) is 32.7 Å². The van der Waals surface area contributed by atoms with Gasteiger partial charge in [0.25, 0.3) is 5.91 Å². The molecule has 0 aliphatic carbocycles. The Balaban J connectivity index is 2.06. The second kappa shape index (κ2) is 7.98. The van der Waals surface area contributed by atoms with E-state index >= 15 is 0 Å². The Hall–Kier alpha value is -2.32. The smallest absolute Gasteiger partial charge is 0.266 e. The third kappa shape index (κ3) is 4.36. The van der Waals surface area contributed by atoms with E-state index in [-0.39, 0.29) is 17.5 Å². The molecular formula is C19H26N4O. The molecule has 0 radical (unpaired) electrons. The SMILES string of the molecule is Cc1ccc(N/C=C(/C#N)C(=O)N(C)C2CCN(C)CC2)c(C)c1. The molecule has 128 valence electrons. The summed E-state index contributed by atoms with van der Waals surface area (Å²) in [5, 5.41) is 12.5. The third-order valence-corrected chi connectivity index (χ3v) is 4.66. The van der Waals surface area contributed by atoms with E-state index in [2.05, 4.69) is 23.3 Å². The number of nitrogens with one attached hydrogen (secondary N) is 1. The molecule has 1 aliphatic rings. The first-order valence-electron chi connectivity index (χ1n) is 8.32. The van der Waals surface area contributed by atoms with Gasteiger partial charge in [0.15, 0.2) is 0 Å². The largest absolute Gasteiger partial charge is 0.360 e. The van der Waals surface area contributed by atoms with Crippen LogP contribution in [0.1, 0.15) is 24.0 Å². The number of likely N-dealkylation sites (N-methyl/N-ethyl adjacent to an activating group) is 1. The number of likely N-dealkylation sites (tertiary alicyclic amines) is 1. The summed E-state index contributed by atoms with van der Waals surface area (Å²) in [5.74, 6) is -0.218. The van der Waals surface area contributed by atoms with Crippen LogP contribution in [0.4, 0.5) is 5.69 Å². The fourth-order valence-electron chi connectivity index (χ4n) is 3.01. The molecule has 1 N–H and O–H groups in total. The number of amides is 1. The maximum Gasteiger partial charge on any atom is 0.266 e. The lowest BCUT2D eigenvalue weighted by Gasteiger charge is -2.35. The van der Waals surface area contributed by atoms with Crippen molar-refractivity contribution in [2.24, 2.45) is 0 Å². The highest BCUT2D eigenvalue weighted by molar-refractivity contribution is 5.97. The number of piperidine rings is 1. The Morgan fingerprint density at radius 3 is 2.62 bits per heavy atom. The molecule has 2 rings (SSSR count). The third-order valence-electron chi connectivity index (χ3n) is 4.66. The van der Waals surface area contributed by atoms with E-state index in [1.54, 1.807) is 11.9 Å². The van der Waals surface area contributed by atoms with Crippen molar-refractivity contribution in [3.05, 3.63) is 41.1 Å². The second-order valence-corrected chi connectivity index (χ2v) is 6.58. The number of carbonyl (C=O) groups excluding carboxylic acids is 1. The summed E-state index contributed by atoms with van der Waals surface area (Å²) in [7, 11) is 3.88. The molecule has 1 aromatic rings. The Bertz CT molecular complexity index is 666. The van der Waals surface area contributed by atoms with Crippen LogP contribution in [0.25, 0.3) is 0 Å². The molecule has 0 atom stereocenters. The predicted octanol–water partition coefficient (Wildman–Crippen LogP) is 2.68. The van der Waals surface area contributed by atoms with Gasteiger partial charge in [0.05, 0.1) is 0 Å². The van der Waals surface area contributed by atoms with Gasteiger partial charge in [-0.3, -0.25) is 4.79 Å². The van der Waals surface area contributed by atoms with Crippen molar-refractivity contribution in [2.75, 3.05) is 32.5 Å². The van der Waals surface area contributed by atoms with Crippen LogP contribution in [-0.2, 0) is 4.79 Å². The van der Waals surface area contributed by atoms with Gasteiger partial charge in [-0.1, -0.05) is 17.7 Å². The summed E-state index contributed by atoms with van der Waals surface area (Å²) in [6, 6.07) is 8.25. The van der Waals surface area contributed by atoms with Gasteiger partial charge < -0.3 is 15.1 Å². The first kappa shape index (κ1) is 18.0. The molecule has 0 unspecified atom stereocenters. The summed E-state index contributed by atoms with van der Waals surface area (Å²) in [5.41, 5.74) is 3.31. The summed E-state index contributed by atoms with van der Waals surface area (Å²) < 4.78 is 0. The topological polar surface area (TPSA) is 59.4 Å². The van der Waals surface area contributed by atoms with Gasteiger partial charge in [0, 0.05) is 25.0 Å². The lowest BCUT2D eigenvalue weighted by Crippen LogP contribution is -2.44. The van der Waals surface area contributed by atoms with Gasteiger partial charge in [-0.05, 0) is 58.5 Å². The molecule has 0 saturated carbocycles. The predicted molar refractivity (Wildman–Crippen MR) is 96.5 cm³/mol. The number of hydrogen-bond acceptors (Lipinski definition) is 4. The van der Waals surface area contributed by atoms with Gasteiger partial charge in [-0.15, -0.1) is 0 Å². The quantitative estimate of drug-likeness (QED) is 0.683. The first-order chi connectivity index (χ1) is 11.4. The molecule has 5 nitrogen and oxygen atoms in total. The van der Waals surface area contributed by atoms with Crippen LogP contribution in [-0.4, -0.2) is 48.9 Å². The van der Waals surface area contributed by atoms with Gasteiger partial charge in [-0.2, -0.15) is 5.26 Å². The van der Waals surface area contributed by atoms with Crippen LogP contribution < -0.4 is 5.32 Å². The molecule has 1 heterocycles. The number of hydrogen-bond donors (Lipinski definition) is 1. The van der Waals surface area contributed by atoms with E-state index in [0.717, 1.165) is 37.2 Å². The van der Waals surface area contributed by atoms with Crippen molar-refractivity contribution in [1.82, 2.24) is 9.80 Å². The average Bonchev–Trinajstić information content (AvgIpc) is 2.57. The summed E-state index contributed by atoms with van der Waals surface area (Å²) in [6.45, 7) is 6.00. The molecular weight excluding hydrogens is 300 g/mol. The monoisotopic (exact) mass is 326 g/mol. The van der Waals surface area contributed by atoms with Crippen LogP contribution >= 0.6 is 0 Å². The molecule has 0 aromatic heterocycles. The van der Waals surface area contributed by atoms with E-state index in [0.29, 0.717) is 0 Å². The Kier molecular flexibility index (Phi) is 5.99. The van der Waals surface area contributed by atoms with Crippen LogP contribution in [0, 0.1) is 25.2 Å². The summed E-state index contributed by atoms with van der Waals surface area (Å²) in [4.78, 5) is 16.6. The Labute approximate surface area is 144 Å². The molecule has 5 heteroatoms. The normalized spacial score (nSPS) is 16.5. The minimum atomic E-state index is -0.218. The maximum absolute atomic E-state index is 12.6. The van der Waals surface area contributed by atoms with Crippen LogP contribution in [0.5, 0.6) is 0 Å². The first-order valence-corrected chi connectivity index (χ1v) is 8.32. The van der Waals surface area contributed by atoms with Crippen molar-refractivity contribution in [3.8, 4) is 6.07 Å². The lowest BCUT2D eigenvalue weighted by molar-refractivity contribution is -0.128. The fraction of sp³-hybridized carbons (Fsp3) is 0.474. The van der Waals surface area contributed by atoms with Gasteiger partial charge in [0.1, 0.15) is 11.6 Å². The maximum atomic E-state index is 12.6. The van der Waals surface area contributed by atoms with E-state index in [4.69, 9.17) is 0 Å². The van der Waals surface area contributed by atoms with Crippen molar-refractivity contribution in [3.63, 3.8) is 0 Å². The number of carbonyl (C=O) groups is 1. The minimum Gasteiger partial charge on any atom is -0.360 e. The van der Waals surface area contributed by atoms with Gasteiger partial charge >= 0.3 is 0 Å². The molecule has 1 aromatic carbocycles. The van der Waals surface area contributed by atoms with Gasteiger partial charge in [-0.25, -0.2) is 0 Å². The number of nitriles is 1. The number of aryl methyl sites for hydroxylation is 2. The van der Waals surface area contributed by atoms with E-state index in [1.807, 2.05) is 32.0 Å². The Morgan fingerprint density at radius 2 is 2.04 bits per heavy atom. The zero-order chi connectivity index (χ0) is 17.7. The highest BCUT2D eigenvalue weighted by Gasteiger charge is 2.25. The van der Waals surface area contributed by atoms with Crippen LogP contribution in [0.3, 0.4) is 0 Å². The number of rotatable bonds is 4. The summed E-state index contributed by atoms with van der Waals surface area (Å²) >= 11 is 0. The lowest BCUT2D eigenvalue weighted by atomic mass is 10.0. The molecule has 1 aliphatic heterocycles. The molecule has 24 heavy (non-hydrogen) atoms. The standard InChI is InChI=1S/C19H26N4O/c1-14-5-6-18(15(2)11-14)21-13-16(12-20)19(24)23(4)17-7-9-22(3)10-8-17/h5-6,11,13,17,21H,7-10H2,1-4H3/b16-13-. The molecule has 1 saturated heterocycles. The highest BCUT2D eigenvalue weighted by Crippen LogP contribution is 2.18. The molecule has 0 bridgehead atoms.